The van der Waals surface area contributed by atoms with E-state index < -0.39 is 0 Å². The van der Waals surface area contributed by atoms with Crippen LogP contribution in [0, 0.1) is 0 Å². The van der Waals surface area contributed by atoms with E-state index >= 15 is 0 Å². The molecule has 8 nitrogen and oxygen atoms in total. The molecule has 6 rings (SSSR count). The van der Waals surface area contributed by atoms with Gasteiger partial charge in [-0.05, 0) is 114 Å². The van der Waals surface area contributed by atoms with E-state index in [1.165, 1.54) is 0 Å². The molecule has 0 aliphatic heterocycles. The number of rotatable bonds is 40. The van der Waals surface area contributed by atoms with Crippen LogP contribution in [0.5, 0.6) is 46.0 Å². The molecular formula is C66H96O8. The van der Waals surface area contributed by atoms with Gasteiger partial charge in [-0.2, -0.15) is 0 Å². The highest BCUT2D eigenvalue weighted by Gasteiger charge is 2.28. The van der Waals surface area contributed by atoms with Crippen LogP contribution in [-0.2, 0) is 0 Å². The normalized spacial score (nSPS) is 11.6. The third-order valence-corrected chi connectivity index (χ3v) is 14.3. The van der Waals surface area contributed by atoms with Crippen molar-refractivity contribution in [3.05, 3.63) is 48.5 Å². The number of benzene rings is 6. The minimum absolute atomic E-state index is 0.557. The van der Waals surface area contributed by atoms with E-state index in [-0.39, 0.29) is 0 Å². The Morgan fingerprint density at radius 3 is 0.946 bits per heavy atom. The summed E-state index contributed by atoms with van der Waals surface area (Å²) in [5.74, 6) is 6.15. The van der Waals surface area contributed by atoms with E-state index in [0.717, 1.165) is 248 Å². The van der Waals surface area contributed by atoms with Crippen LogP contribution in [-0.4, -0.2) is 52.9 Å². The van der Waals surface area contributed by atoms with Crippen molar-refractivity contribution in [1.29, 1.82) is 0 Å². The van der Waals surface area contributed by atoms with Crippen molar-refractivity contribution in [1.82, 2.24) is 0 Å². The number of unbranched alkanes of at least 4 members (excludes halogenated alkanes) is 16. The molecule has 0 amide bonds. The molecule has 6 aromatic carbocycles. The van der Waals surface area contributed by atoms with Gasteiger partial charge in [0.2, 0.25) is 0 Å². The topological polar surface area (TPSA) is 73.8 Å². The molecule has 0 aliphatic rings. The van der Waals surface area contributed by atoms with Crippen LogP contribution in [0.25, 0.3) is 53.9 Å². The highest BCUT2D eigenvalue weighted by molar-refractivity contribution is 6.42. The van der Waals surface area contributed by atoms with E-state index in [0.29, 0.717) is 58.6 Å². The lowest BCUT2D eigenvalue weighted by Crippen LogP contribution is -2.07. The standard InChI is InChI=1S/C66H96O8/c1-9-17-25-36-67-54-35-33-34-49-61-52-46-57(70-39-28-20-12-4)55(68-37-26-18-10-2)44-50(52)51-45-56(69-38-27-19-11-3)58(71-40-29-21-13-5)47-53(51)63(61)65-64(62(49)54)59(72-41-30-22-14-6)48-60(73-42-31-23-15-7)66(65)74-43-32-24-16-8/h33-35,44-48H,9-32,36-43H2,1-8H3. The van der Waals surface area contributed by atoms with Crippen LogP contribution >= 0.6 is 0 Å². The average Bonchev–Trinajstić information content (AvgIpc) is 3.41. The van der Waals surface area contributed by atoms with Gasteiger partial charge >= 0.3 is 0 Å². The molecule has 0 radical (unpaired) electrons. The van der Waals surface area contributed by atoms with Crippen LogP contribution < -0.4 is 37.9 Å². The molecular weight excluding hydrogens is 921 g/mol. The Labute approximate surface area is 446 Å². The largest absolute Gasteiger partial charge is 0.493 e. The van der Waals surface area contributed by atoms with Gasteiger partial charge in [-0.25, -0.2) is 0 Å². The molecule has 0 bridgehead atoms. The first-order valence-electron chi connectivity index (χ1n) is 30.0. The predicted molar refractivity (Wildman–Crippen MR) is 314 cm³/mol. The lowest BCUT2D eigenvalue weighted by atomic mass is 9.85. The minimum atomic E-state index is 0.557. The first-order chi connectivity index (χ1) is 36.5. The fourth-order valence-corrected chi connectivity index (χ4v) is 10.1. The van der Waals surface area contributed by atoms with Crippen molar-refractivity contribution in [3.8, 4) is 46.0 Å². The summed E-state index contributed by atoms with van der Waals surface area (Å²) in [5.41, 5.74) is 0. The maximum absolute atomic E-state index is 7.26. The van der Waals surface area contributed by atoms with Crippen molar-refractivity contribution in [2.75, 3.05) is 52.9 Å². The summed E-state index contributed by atoms with van der Waals surface area (Å²) in [6.07, 6.45) is 25.3. The quantitative estimate of drug-likeness (QED) is 0.0278. The van der Waals surface area contributed by atoms with Crippen molar-refractivity contribution >= 4 is 53.9 Å². The second kappa shape index (κ2) is 32.5. The van der Waals surface area contributed by atoms with E-state index in [1.807, 2.05) is 0 Å². The van der Waals surface area contributed by atoms with Crippen LogP contribution in [0.2, 0.25) is 0 Å². The number of hydrogen-bond donors (Lipinski definition) is 0. The van der Waals surface area contributed by atoms with E-state index in [2.05, 4.69) is 104 Å². The number of fused-ring (bicyclic) bond motifs is 11. The molecule has 0 saturated carbocycles. The lowest BCUT2D eigenvalue weighted by Gasteiger charge is -2.25. The summed E-state index contributed by atoms with van der Waals surface area (Å²) in [7, 11) is 0. The summed E-state index contributed by atoms with van der Waals surface area (Å²) in [6, 6.07) is 17.8. The second-order valence-corrected chi connectivity index (χ2v) is 20.5. The highest BCUT2D eigenvalue weighted by atomic mass is 16.5. The Bertz CT molecular complexity index is 2600. The highest BCUT2D eigenvalue weighted by Crippen LogP contribution is 2.56. The fraction of sp³-hybridized carbons (Fsp3) is 0.606. The third kappa shape index (κ3) is 15.6. The molecule has 0 spiro atoms. The summed E-state index contributed by atoms with van der Waals surface area (Å²) in [4.78, 5) is 0. The van der Waals surface area contributed by atoms with Gasteiger partial charge in [0, 0.05) is 27.6 Å². The molecule has 0 fully saturated rings. The molecule has 0 heterocycles. The summed E-state index contributed by atoms with van der Waals surface area (Å²) in [5, 5.41) is 10.5. The molecule has 0 aromatic heterocycles. The zero-order chi connectivity index (χ0) is 52.3. The molecule has 0 saturated heterocycles. The summed E-state index contributed by atoms with van der Waals surface area (Å²) >= 11 is 0. The van der Waals surface area contributed by atoms with E-state index in [9.17, 15) is 0 Å². The van der Waals surface area contributed by atoms with Crippen LogP contribution in [0.1, 0.15) is 209 Å². The van der Waals surface area contributed by atoms with Gasteiger partial charge in [0.25, 0.3) is 0 Å². The zero-order valence-corrected chi connectivity index (χ0v) is 47.5. The van der Waals surface area contributed by atoms with Crippen LogP contribution in [0.15, 0.2) is 48.5 Å². The Morgan fingerprint density at radius 1 is 0.230 bits per heavy atom. The van der Waals surface area contributed by atoms with Crippen molar-refractivity contribution in [2.45, 2.75) is 209 Å². The van der Waals surface area contributed by atoms with Gasteiger partial charge in [0.1, 0.15) is 11.5 Å². The van der Waals surface area contributed by atoms with Gasteiger partial charge in [-0.1, -0.05) is 170 Å². The van der Waals surface area contributed by atoms with Gasteiger partial charge in [-0.3, -0.25) is 0 Å². The maximum Gasteiger partial charge on any atom is 0.169 e. The second-order valence-electron chi connectivity index (χ2n) is 20.5. The van der Waals surface area contributed by atoms with Crippen LogP contribution in [0.4, 0.5) is 0 Å². The molecule has 0 N–H and O–H groups in total. The summed E-state index contributed by atoms with van der Waals surface area (Å²) < 4.78 is 55.7. The number of hydrogen-bond acceptors (Lipinski definition) is 8. The predicted octanol–water partition coefficient (Wildman–Crippen LogP) is 20.0. The molecule has 74 heavy (non-hydrogen) atoms. The monoisotopic (exact) mass is 1020 g/mol. The van der Waals surface area contributed by atoms with Gasteiger partial charge in [0.05, 0.1) is 52.9 Å². The summed E-state index contributed by atoms with van der Waals surface area (Å²) in [6.45, 7) is 22.7. The van der Waals surface area contributed by atoms with Crippen LogP contribution in [0.3, 0.4) is 0 Å². The van der Waals surface area contributed by atoms with E-state index in [4.69, 9.17) is 37.9 Å². The fourth-order valence-electron chi connectivity index (χ4n) is 10.1. The van der Waals surface area contributed by atoms with Crippen molar-refractivity contribution in [2.24, 2.45) is 0 Å². The molecule has 0 unspecified atom stereocenters. The molecule has 6 aromatic rings. The Hall–Kier alpha value is -4.98. The Morgan fingerprint density at radius 2 is 0.554 bits per heavy atom. The SMILES string of the molecule is CCCCCOc1cc2c3cc(OCCCCC)c(OCCCCC)cc3c3c4c(OCCCCC)c(OCCCCC)cc(OCCCCC)c4c4c(OCCCCC)cccc4c3c2cc1OCCCCC. The zero-order valence-electron chi connectivity index (χ0n) is 47.5. The average molecular weight is 1020 g/mol. The molecule has 408 valence electrons. The lowest BCUT2D eigenvalue weighted by molar-refractivity contribution is 0.259. The maximum atomic E-state index is 7.26. The Balaban J connectivity index is 1.89. The third-order valence-electron chi connectivity index (χ3n) is 14.3. The van der Waals surface area contributed by atoms with Gasteiger partial charge < -0.3 is 37.9 Å². The minimum Gasteiger partial charge on any atom is -0.493 e. The number of ether oxygens (including phenoxy) is 8. The van der Waals surface area contributed by atoms with Gasteiger partial charge in [-0.15, -0.1) is 0 Å². The first kappa shape index (κ1) is 58.3. The van der Waals surface area contributed by atoms with Crippen molar-refractivity contribution in [3.63, 3.8) is 0 Å². The first-order valence-corrected chi connectivity index (χ1v) is 30.0. The Kier molecular flexibility index (Phi) is 25.6. The van der Waals surface area contributed by atoms with E-state index in [1.54, 1.807) is 0 Å². The van der Waals surface area contributed by atoms with Gasteiger partial charge in [0.15, 0.2) is 34.5 Å². The molecule has 0 atom stereocenters. The smallest absolute Gasteiger partial charge is 0.169 e. The molecule has 8 heteroatoms. The molecule has 0 aliphatic carbocycles. The van der Waals surface area contributed by atoms with Crippen molar-refractivity contribution < 1.29 is 37.9 Å².